The van der Waals surface area contributed by atoms with Crippen molar-refractivity contribution >= 4 is 11.9 Å². The van der Waals surface area contributed by atoms with Gasteiger partial charge in [-0.1, -0.05) is 0 Å². The standard InChI is InChI=1S/C6H9NO5/c8-4(1-2-6(10)11)3-5(9)7-12/h4,8H,1-3H2,(H,10,11). The summed E-state index contributed by atoms with van der Waals surface area (Å²) >= 11 is 0. The number of carbonyl (C=O) groups is 2. The largest absolute Gasteiger partial charge is 0.481 e. The van der Waals surface area contributed by atoms with Crippen molar-refractivity contribution in [3.05, 3.63) is 4.91 Å². The molecule has 0 saturated carbocycles. The van der Waals surface area contributed by atoms with Gasteiger partial charge in [-0.05, 0) is 6.42 Å². The van der Waals surface area contributed by atoms with Gasteiger partial charge in [-0.3, -0.25) is 9.59 Å². The zero-order valence-corrected chi connectivity index (χ0v) is 6.27. The van der Waals surface area contributed by atoms with Crippen LogP contribution in [-0.2, 0) is 9.59 Å². The number of carboxylic acid groups (broad SMARTS) is 1. The molecule has 68 valence electrons. The van der Waals surface area contributed by atoms with Crippen LogP contribution in [0.2, 0.25) is 0 Å². The second kappa shape index (κ2) is 5.36. The average molecular weight is 175 g/mol. The fourth-order valence-corrected chi connectivity index (χ4v) is 0.631. The van der Waals surface area contributed by atoms with Crippen molar-refractivity contribution < 1.29 is 19.8 Å². The molecule has 0 radical (unpaired) electrons. The molecule has 0 heterocycles. The zero-order chi connectivity index (χ0) is 9.56. The number of carbonyl (C=O) groups excluding carboxylic acids is 1. The van der Waals surface area contributed by atoms with E-state index in [1.807, 2.05) is 0 Å². The molecule has 12 heavy (non-hydrogen) atoms. The molecule has 0 bridgehead atoms. The van der Waals surface area contributed by atoms with E-state index in [0.29, 0.717) is 0 Å². The van der Waals surface area contributed by atoms with E-state index in [9.17, 15) is 14.5 Å². The molecular formula is C6H9NO5. The molecule has 0 fully saturated rings. The molecule has 0 saturated heterocycles. The van der Waals surface area contributed by atoms with Gasteiger partial charge in [0.15, 0.2) is 0 Å². The van der Waals surface area contributed by atoms with Crippen LogP contribution in [0.5, 0.6) is 0 Å². The second-order valence-electron chi connectivity index (χ2n) is 2.28. The van der Waals surface area contributed by atoms with E-state index >= 15 is 0 Å². The van der Waals surface area contributed by atoms with E-state index in [2.05, 4.69) is 5.18 Å². The topological polar surface area (TPSA) is 104 Å². The van der Waals surface area contributed by atoms with Crippen LogP contribution in [0.1, 0.15) is 19.3 Å². The van der Waals surface area contributed by atoms with Crippen molar-refractivity contribution in [3.8, 4) is 0 Å². The molecule has 0 rings (SSSR count). The SMILES string of the molecule is O=NC(=O)CC(O)CCC(=O)O. The first-order chi connectivity index (χ1) is 5.56. The number of amides is 1. The predicted molar refractivity (Wildman–Crippen MR) is 38.3 cm³/mol. The number of carboxylic acids is 1. The summed E-state index contributed by atoms with van der Waals surface area (Å²) in [6.07, 6.45) is -1.77. The molecule has 1 unspecified atom stereocenters. The third-order valence-electron chi connectivity index (χ3n) is 1.20. The number of rotatable bonds is 5. The Kier molecular flexibility index (Phi) is 4.78. The summed E-state index contributed by atoms with van der Waals surface area (Å²) in [7, 11) is 0. The van der Waals surface area contributed by atoms with E-state index < -0.39 is 24.4 Å². The predicted octanol–water partition coefficient (Wildman–Crippen LogP) is -0.105. The lowest BCUT2D eigenvalue weighted by Crippen LogP contribution is -2.13. The summed E-state index contributed by atoms with van der Waals surface area (Å²) in [5, 5.41) is 19.1. The maximum absolute atomic E-state index is 10.3. The minimum atomic E-state index is -1.09. The van der Waals surface area contributed by atoms with Crippen LogP contribution in [0.15, 0.2) is 5.18 Å². The Morgan fingerprint density at radius 2 is 2.00 bits per heavy atom. The number of aliphatic hydroxyl groups is 1. The fourth-order valence-electron chi connectivity index (χ4n) is 0.631. The first-order valence-corrected chi connectivity index (χ1v) is 3.32. The Balaban J connectivity index is 3.59. The van der Waals surface area contributed by atoms with Crippen LogP contribution in [0.4, 0.5) is 0 Å². The number of hydrogen-bond acceptors (Lipinski definition) is 4. The zero-order valence-electron chi connectivity index (χ0n) is 6.27. The number of hydrogen-bond donors (Lipinski definition) is 2. The first-order valence-electron chi connectivity index (χ1n) is 3.32. The van der Waals surface area contributed by atoms with Crippen molar-refractivity contribution in [3.63, 3.8) is 0 Å². The van der Waals surface area contributed by atoms with E-state index in [4.69, 9.17) is 10.2 Å². The third-order valence-corrected chi connectivity index (χ3v) is 1.20. The number of nitrogens with zero attached hydrogens (tertiary/aromatic N) is 1. The molecule has 2 N–H and O–H groups in total. The lowest BCUT2D eigenvalue weighted by molar-refractivity contribution is -0.138. The molecule has 0 spiro atoms. The highest BCUT2D eigenvalue weighted by Gasteiger charge is 2.12. The molecule has 0 aliphatic carbocycles. The summed E-state index contributed by atoms with van der Waals surface area (Å²) in [6.45, 7) is 0. The molecule has 0 aromatic carbocycles. The monoisotopic (exact) mass is 175 g/mol. The van der Waals surface area contributed by atoms with Crippen LogP contribution in [0.25, 0.3) is 0 Å². The van der Waals surface area contributed by atoms with E-state index in [0.717, 1.165) is 0 Å². The van der Waals surface area contributed by atoms with Crippen LogP contribution in [0.3, 0.4) is 0 Å². The van der Waals surface area contributed by atoms with Gasteiger partial charge in [0.2, 0.25) is 0 Å². The summed E-state index contributed by atoms with van der Waals surface area (Å²) in [5.74, 6) is -2.02. The minimum Gasteiger partial charge on any atom is -0.481 e. The molecule has 0 aliphatic rings. The van der Waals surface area contributed by atoms with Gasteiger partial charge in [0.05, 0.1) is 12.5 Å². The van der Waals surface area contributed by atoms with Gasteiger partial charge >= 0.3 is 5.97 Å². The van der Waals surface area contributed by atoms with Crippen molar-refractivity contribution in [2.24, 2.45) is 5.18 Å². The average Bonchev–Trinajstić information content (AvgIpc) is 2.00. The van der Waals surface area contributed by atoms with Crippen LogP contribution in [0, 0.1) is 4.91 Å². The highest BCUT2D eigenvalue weighted by Crippen LogP contribution is 2.02. The quantitative estimate of drug-likeness (QED) is 0.567. The summed E-state index contributed by atoms with van der Waals surface area (Å²) in [4.78, 5) is 29.8. The van der Waals surface area contributed by atoms with E-state index in [1.54, 1.807) is 0 Å². The van der Waals surface area contributed by atoms with Crippen molar-refractivity contribution in [1.29, 1.82) is 0 Å². The highest BCUT2D eigenvalue weighted by atomic mass is 16.4. The summed E-state index contributed by atoms with van der Waals surface area (Å²) in [5.41, 5.74) is 0. The molecule has 6 heteroatoms. The number of aliphatic carboxylic acids is 1. The number of nitroso groups, excluding NO2 is 1. The lowest BCUT2D eigenvalue weighted by atomic mass is 10.1. The van der Waals surface area contributed by atoms with Crippen LogP contribution >= 0.6 is 0 Å². The van der Waals surface area contributed by atoms with Crippen molar-refractivity contribution in [2.75, 3.05) is 0 Å². The second-order valence-corrected chi connectivity index (χ2v) is 2.28. The minimum absolute atomic E-state index is 0.0450. The fraction of sp³-hybridized carbons (Fsp3) is 0.667. The Bertz CT molecular complexity index is 190. The summed E-state index contributed by atoms with van der Waals surface area (Å²) < 4.78 is 0. The van der Waals surface area contributed by atoms with Gasteiger partial charge in [-0.2, -0.15) is 0 Å². The molecule has 6 nitrogen and oxygen atoms in total. The maximum atomic E-state index is 10.3. The molecular weight excluding hydrogens is 166 g/mol. The Hall–Kier alpha value is -1.30. The molecule has 1 atom stereocenters. The lowest BCUT2D eigenvalue weighted by Gasteiger charge is -2.03. The van der Waals surface area contributed by atoms with E-state index in [1.165, 1.54) is 0 Å². The van der Waals surface area contributed by atoms with E-state index in [-0.39, 0.29) is 12.8 Å². The van der Waals surface area contributed by atoms with Gasteiger partial charge in [0, 0.05) is 11.6 Å². The van der Waals surface area contributed by atoms with Gasteiger partial charge in [-0.25, -0.2) is 0 Å². The van der Waals surface area contributed by atoms with Gasteiger partial charge in [0.25, 0.3) is 5.91 Å². The molecule has 1 amide bonds. The highest BCUT2D eigenvalue weighted by molar-refractivity contribution is 5.77. The Morgan fingerprint density at radius 3 is 2.42 bits per heavy atom. The number of aliphatic hydroxyl groups excluding tert-OH is 1. The van der Waals surface area contributed by atoms with Crippen molar-refractivity contribution in [2.45, 2.75) is 25.4 Å². The maximum Gasteiger partial charge on any atom is 0.303 e. The van der Waals surface area contributed by atoms with Crippen molar-refractivity contribution in [1.82, 2.24) is 0 Å². The molecule has 0 aliphatic heterocycles. The third kappa shape index (κ3) is 5.48. The van der Waals surface area contributed by atoms with Crippen LogP contribution in [-0.4, -0.2) is 28.2 Å². The smallest absolute Gasteiger partial charge is 0.303 e. The Morgan fingerprint density at radius 1 is 1.42 bits per heavy atom. The Labute approximate surface area is 68.2 Å². The normalized spacial score (nSPS) is 12.1. The van der Waals surface area contributed by atoms with Gasteiger partial charge < -0.3 is 10.2 Å². The van der Waals surface area contributed by atoms with Gasteiger partial charge in [-0.15, -0.1) is 4.91 Å². The summed E-state index contributed by atoms with van der Waals surface area (Å²) in [6, 6.07) is 0. The first kappa shape index (κ1) is 10.7. The van der Waals surface area contributed by atoms with Gasteiger partial charge in [0.1, 0.15) is 0 Å². The van der Waals surface area contributed by atoms with Crippen LogP contribution < -0.4 is 0 Å². The molecule has 0 aromatic heterocycles. The molecule has 0 aromatic rings.